The number of methoxy groups -OCH3 is 1. The number of rotatable bonds is 3. The van der Waals surface area contributed by atoms with Crippen LogP contribution in [-0.4, -0.2) is 38.4 Å². The van der Waals surface area contributed by atoms with Crippen LogP contribution in [0.5, 0.6) is 11.5 Å². The molecule has 0 aromatic heterocycles. The minimum atomic E-state index is -0.725. The van der Waals surface area contributed by atoms with Crippen LogP contribution in [0, 0.1) is 0 Å². The van der Waals surface area contributed by atoms with E-state index >= 15 is 0 Å². The average molecular weight is 280 g/mol. The van der Waals surface area contributed by atoms with Gasteiger partial charge in [-0.05, 0) is 19.1 Å². The lowest BCUT2D eigenvalue weighted by Gasteiger charge is -2.19. The largest absolute Gasteiger partial charge is 0.486 e. The molecule has 1 aromatic carbocycles. The Balaban J connectivity index is 1.96. The highest BCUT2D eigenvalue weighted by atomic mass is 16.6. The van der Waals surface area contributed by atoms with Crippen LogP contribution in [0.1, 0.15) is 6.92 Å². The molecule has 1 atom stereocenters. The molecule has 0 spiro atoms. The predicted molar refractivity (Wildman–Crippen MR) is 71.1 cm³/mol. The van der Waals surface area contributed by atoms with Crippen LogP contribution in [0.4, 0.5) is 10.5 Å². The molecule has 0 saturated carbocycles. The number of hydrogen-bond donors (Lipinski definition) is 2. The number of nitrogens with one attached hydrogen (secondary N) is 2. The van der Waals surface area contributed by atoms with Crippen molar-refractivity contribution < 1.29 is 23.8 Å². The van der Waals surface area contributed by atoms with Gasteiger partial charge in [0.05, 0.1) is 7.11 Å². The van der Waals surface area contributed by atoms with E-state index in [0.717, 1.165) is 0 Å². The fraction of sp³-hybridized carbons (Fsp3) is 0.385. The summed E-state index contributed by atoms with van der Waals surface area (Å²) in [5, 5.41) is 5.07. The summed E-state index contributed by atoms with van der Waals surface area (Å²) >= 11 is 0. The Morgan fingerprint density at radius 3 is 2.65 bits per heavy atom. The maximum atomic E-state index is 11.7. The molecule has 20 heavy (non-hydrogen) atoms. The van der Waals surface area contributed by atoms with Crippen molar-refractivity contribution in [1.82, 2.24) is 5.32 Å². The highest BCUT2D eigenvalue weighted by molar-refractivity contribution is 5.92. The van der Waals surface area contributed by atoms with E-state index in [4.69, 9.17) is 9.47 Å². The van der Waals surface area contributed by atoms with E-state index in [0.29, 0.717) is 30.4 Å². The van der Waals surface area contributed by atoms with Crippen LogP contribution in [0.3, 0.4) is 0 Å². The van der Waals surface area contributed by atoms with Crippen LogP contribution in [0.2, 0.25) is 0 Å². The Labute approximate surface area is 116 Å². The molecule has 1 aliphatic heterocycles. The summed E-state index contributed by atoms with van der Waals surface area (Å²) in [6, 6.07) is 3.84. The topological polar surface area (TPSA) is 85.9 Å². The molecular weight excluding hydrogens is 264 g/mol. The summed E-state index contributed by atoms with van der Waals surface area (Å²) in [7, 11) is 1.26. The first-order valence-electron chi connectivity index (χ1n) is 6.15. The van der Waals surface area contributed by atoms with Crippen molar-refractivity contribution in [3.8, 4) is 11.5 Å². The number of carbonyl (C=O) groups excluding carboxylic acids is 2. The zero-order valence-corrected chi connectivity index (χ0v) is 11.3. The van der Waals surface area contributed by atoms with Crippen LogP contribution in [-0.2, 0) is 9.53 Å². The van der Waals surface area contributed by atoms with Gasteiger partial charge in [0, 0.05) is 11.8 Å². The van der Waals surface area contributed by atoms with E-state index in [2.05, 4.69) is 15.4 Å². The van der Waals surface area contributed by atoms with Gasteiger partial charge in [-0.15, -0.1) is 0 Å². The van der Waals surface area contributed by atoms with Gasteiger partial charge in [0.25, 0.3) is 0 Å². The molecule has 2 rings (SSSR count). The van der Waals surface area contributed by atoms with E-state index in [9.17, 15) is 9.59 Å². The number of esters is 1. The van der Waals surface area contributed by atoms with Gasteiger partial charge in [-0.25, -0.2) is 9.59 Å². The molecule has 1 aromatic rings. The lowest BCUT2D eigenvalue weighted by atomic mass is 10.2. The Kier molecular flexibility index (Phi) is 4.29. The SMILES string of the molecule is COC(=O)[C@@H](C)NC(=O)Nc1ccc2c(c1)OCCO2. The van der Waals surface area contributed by atoms with Crippen molar-refractivity contribution in [1.29, 1.82) is 0 Å². The molecule has 0 radical (unpaired) electrons. The number of hydrogen-bond acceptors (Lipinski definition) is 5. The Hall–Kier alpha value is -2.44. The third-order valence-corrected chi connectivity index (χ3v) is 2.70. The maximum absolute atomic E-state index is 11.7. The van der Waals surface area contributed by atoms with Crippen LogP contribution >= 0.6 is 0 Å². The summed E-state index contributed by atoms with van der Waals surface area (Å²) in [4.78, 5) is 22.9. The number of anilines is 1. The molecule has 2 amide bonds. The van der Waals surface area contributed by atoms with Gasteiger partial charge < -0.3 is 24.8 Å². The van der Waals surface area contributed by atoms with E-state index < -0.39 is 18.0 Å². The first kappa shape index (κ1) is 14.0. The third kappa shape index (κ3) is 3.31. The average Bonchev–Trinajstić information content (AvgIpc) is 2.46. The van der Waals surface area contributed by atoms with Crippen molar-refractivity contribution in [2.24, 2.45) is 0 Å². The second-order valence-corrected chi connectivity index (χ2v) is 4.20. The van der Waals surface area contributed by atoms with Crippen LogP contribution in [0.25, 0.3) is 0 Å². The molecule has 7 heteroatoms. The monoisotopic (exact) mass is 280 g/mol. The van der Waals surface area contributed by atoms with Crippen molar-refractivity contribution in [2.45, 2.75) is 13.0 Å². The summed E-state index contributed by atoms with van der Waals surface area (Å²) in [5.41, 5.74) is 0.545. The summed E-state index contributed by atoms with van der Waals surface area (Å²) in [6.07, 6.45) is 0. The van der Waals surface area contributed by atoms with E-state index in [1.807, 2.05) is 0 Å². The lowest BCUT2D eigenvalue weighted by molar-refractivity contribution is -0.142. The van der Waals surface area contributed by atoms with Gasteiger partial charge in [0.2, 0.25) is 0 Å². The first-order valence-corrected chi connectivity index (χ1v) is 6.15. The number of carbonyl (C=O) groups is 2. The molecule has 108 valence electrons. The molecule has 0 unspecified atom stereocenters. The zero-order chi connectivity index (χ0) is 14.5. The first-order chi connectivity index (χ1) is 9.60. The van der Waals surface area contributed by atoms with Gasteiger partial charge >= 0.3 is 12.0 Å². The van der Waals surface area contributed by atoms with E-state index in [1.54, 1.807) is 18.2 Å². The molecule has 1 aliphatic rings. The van der Waals surface area contributed by atoms with Crippen molar-refractivity contribution in [2.75, 3.05) is 25.6 Å². The molecule has 0 aliphatic carbocycles. The fourth-order valence-corrected chi connectivity index (χ4v) is 1.72. The summed E-state index contributed by atoms with van der Waals surface area (Å²) < 4.78 is 15.3. The van der Waals surface area contributed by atoms with Crippen LogP contribution in [0.15, 0.2) is 18.2 Å². The fourth-order valence-electron chi connectivity index (χ4n) is 1.72. The Morgan fingerprint density at radius 1 is 1.25 bits per heavy atom. The van der Waals surface area contributed by atoms with Crippen molar-refractivity contribution in [3.63, 3.8) is 0 Å². The van der Waals surface area contributed by atoms with Gasteiger partial charge in [0.15, 0.2) is 11.5 Å². The zero-order valence-electron chi connectivity index (χ0n) is 11.3. The third-order valence-electron chi connectivity index (χ3n) is 2.70. The number of urea groups is 1. The molecule has 1 heterocycles. The van der Waals surface area contributed by atoms with Crippen molar-refractivity contribution >= 4 is 17.7 Å². The predicted octanol–water partition coefficient (Wildman–Crippen LogP) is 1.14. The second kappa shape index (κ2) is 6.14. The van der Waals surface area contributed by atoms with Gasteiger partial charge in [0.1, 0.15) is 19.3 Å². The number of amides is 2. The molecular formula is C13H16N2O5. The molecule has 2 N–H and O–H groups in total. The molecule has 7 nitrogen and oxygen atoms in total. The minimum Gasteiger partial charge on any atom is -0.486 e. The minimum absolute atomic E-state index is 0.474. The quantitative estimate of drug-likeness (QED) is 0.811. The Morgan fingerprint density at radius 2 is 1.95 bits per heavy atom. The standard InChI is InChI=1S/C13H16N2O5/c1-8(12(16)18-2)14-13(17)15-9-3-4-10-11(7-9)20-6-5-19-10/h3-4,7-8H,5-6H2,1-2H3,(H2,14,15,17)/t8-/m1/s1. The smallest absolute Gasteiger partial charge is 0.328 e. The molecule has 0 fully saturated rings. The van der Waals surface area contributed by atoms with E-state index in [-0.39, 0.29) is 0 Å². The number of fused-ring (bicyclic) bond motifs is 1. The van der Waals surface area contributed by atoms with Gasteiger partial charge in [-0.1, -0.05) is 0 Å². The van der Waals surface area contributed by atoms with E-state index in [1.165, 1.54) is 14.0 Å². The number of benzene rings is 1. The Bertz CT molecular complexity index is 517. The maximum Gasteiger partial charge on any atom is 0.328 e. The second-order valence-electron chi connectivity index (χ2n) is 4.20. The highest BCUT2D eigenvalue weighted by Crippen LogP contribution is 2.32. The highest BCUT2D eigenvalue weighted by Gasteiger charge is 2.17. The van der Waals surface area contributed by atoms with Crippen LogP contribution < -0.4 is 20.1 Å². The van der Waals surface area contributed by atoms with Gasteiger partial charge in [-0.2, -0.15) is 0 Å². The van der Waals surface area contributed by atoms with Crippen molar-refractivity contribution in [3.05, 3.63) is 18.2 Å². The number of ether oxygens (including phenoxy) is 3. The summed E-state index contributed by atoms with van der Waals surface area (Å²) in [6.45, 7) is 2.52. The lowest BCUT2D eigenvalue weighted by Crippen LogP contribution is -2.41. The summed E-state index contributed by atoms with van der Waals surface area (Å²) in [5.74, 6) is 0.711. The van der Waals surface area contributed by atoms with Gasteiger partial charge in [-0.3, -0.25) is 0 Å². The normalized spacial score (nSPS) is 14.1. The molecule has 0 bridgehead atoms. The molecule has 0 saturated heterocycles.